The van der Waals surface area contributed by atoms with Gasteiger partial charge >= 0.3 is 0 Å². The first-order valence-corrected chi connectivity index (χ1v) is 10.2. The summed E-state index contributed by atoms with van der Waals surface area (Å²) in [6, 6.07) is 16.7. The lowest BCUT2D eigenvalue weighted by Crippen LogP contribution is -2.28. The Morgan fingerprint density at radius 3 is 2.69 bits per heavy atom. The minimum Gasteiger partial charge on any atom is -0.468 e. The Morgan fingerprint density at radius 2 is 1.91 bits per heavy atom. The Bertz CT molecular complexity index is 1150. The normalized spacial score (nSPS) is 11.7. The minimum absolute atomic E-state index is 0.171. The number of fused-ring (bicyclic) bond motifs is 1. The van der Waals surface area contributed by atoms with Crippen molar-refractivity contribution in [1.82, 2.24) is 10.3 Å². The molecular formula is C24H24N4O4. The third-order valence-electron chi connectivity index (χ3n) is 5.02. The number of nitrogens with zero attached hydrogens (tertiary/aromatic N) is 1. The monoisotopic (exact) mass is 432 g/mol. The maximum Gasteiger partial charge on any atom is 0.258 e. The Balaban J connectivity index is 1.38. The molecule has 32 heavy (non-hydrogen) atoms. The van der Waals surface area contributed by atoms with Crippen molar-refractivity contribution in [3.8, 4) is 17.4 Å². The minimum atomic E-state index is -0.269. The SMILES string of the molecule is CNc1nc(OCC(=O)NCc2ccc3c(c2)OCO3)cc(C)c1C(=N)c1ccccc1. The molecule has 0 atom stereocenters. The van der Waals surface area contributed by atoms with Crippen molar-refractivity contribution in [2.75, 3.05) is 25.8 Å². The third kappa shape index (κ3) is 4.64. The highest BCUT2D eigenvalue weighted by molar-refractivity contribution is 6.14. The van der Waals surface area contributed by atoms with Gasteiger partial charge in [0.1, 0.15) is 5.82 Å². The lowest BCUT2D eigenvalue weighted by atomic mass is 9.99. The van der Waals surface area contributed by atoms with Crippen LogP contribution in [0.15, 0.2) is 54.6 Å². The zero-order chi connectivity index (χ0) is 22.5. The maximum atomic E-state index is 12.3. The van der Waals surface area contributed by atoms with Crippen molar-refractivity contribution < 1.29 is 19.0 Å². The molecule has 1 aromatic heterocycles. The number of aryl methyl sites for hydroxylation is 1. The Labute approximate surface area is 186 Å². The van der Waals surface area contributed by atoms with Crippen molar-refractivity contribution in [2.24, 2.45) is 0 Å². The molecular weight excluding hydrogens is 408 g/mol. The summed E-state index contributed by atoms with van der Waals surface area (Å²) in [5.74, 6) is 1.95. The van der Waals surface area contributed by atoms with Gasteiger partial charge in [-0.25, -0.2) is 0 Å². The van der Waals surface area contributed by atoms with Crippen LogP contribution in [0.4, 0.5) is 5.82 Å². The quantitative estimate of drug-likeness (QED) is 0.472. The van der Waals surface area contributed by atoms with E-state index in [9.17, 15) is 4.79 Å². The van der Waals surface area contributed by atoms with E-state index in [1.807, 2.05) is 55.5 Å². The molecule has 1 aliphatic rings. The molecule has 2 aromatic carbocycles. The lowest BCUT2D eigenvalue weighted by Gasteiger charge is -2.15. The van der Waals surface area contributed by atoms with E-state index in [0.717, 1.165) is 16.7 Å². The molecule has 1 amide bonds. The lowest BCUT2D eigenvalue weighted by molar-refractivity contribution is -0.123. The Kier molecular flexibility index (Phi) is 6.21. The third-order valence-corrected chi connectivity index (χ3v) is 5.02. The van der Waals surface area contributed by atoms with E-state index in [1.165, 1.54) is 0 Å². The van der Waals surface area contributed by atoms with Crippen molar-refractivity contribution in [3.05, 3.63) is 76.9 Å². The molecule has 0 radical (unpaired) electrons. The van der Waals surface area contributed by atoms with Crippen molar-refractivity contribution in [1.29, 1.82) is 5.41 Å². The molecule has 8 heteroatoms. The summed E-state index contributed by atoms with van der Waals surface area (Å²) in [5.41, 5.74) is 3.59. The molecule has 0 aliphatic carbocycles. The van der Waals surface area contributed by atoms with Crippen LogP contribution in [0.1, 0.15) is 22.3 Å². The number of hydrogen-bond donors (Lipinski definition) is 3. The van der Waals surface area contributed by atoms with Crippen LogP contribution in [0.25, 0.3) is 0 Å². The second kappa shape index (κ2) is 9.38. The van der Waals surface area contributed by atoms with Gasteiger partial charge in [-0.15, -0.1) is 0 Å². The summed E-state index contributed by atoms with van der Waals surface area (Å²) in [5, 5.41) is 14.4. The number of carbonyl (C=O) groups excluding carboxylic acids is 1. The van der Waals surface area contributed by atoms with Gasteiger partial charge < -0.3 is 24.8 Å². The number of ether oxygens (including phenoxy) is 3. The molecule has 2 heterocycles. The highest BCUT2D eigenvalue weighted by Crippen LogP contribution is 2.32. The number of amides is 1. The largest absolute Gasteiger partial charge is 0.468 e. The second-order valence-corrected chi connectivity index (χ2v) is 7.25. The molecule has 0 unspecified atom stereocenters. The smallest absolute Gasteiger partial charge is 0.258 e. The number of benzene rings is 2. The molecule has 1 aliphatic heterocycles. The standard InChI is InChI=1S/C24H24N4O4/c1-15-10-21(28-24(26-2)22(15)23(25)17-6-4-3-5-7-17)30-13-20(29)27-12-16-8-9-18-19(11-16)32-14-31-18/h3-11,25H,12-14H2,1-2H3,(H,26,28)(H,27,29). The number of pyridine rings is 1. The topological polar surface area (TPSA) is 106 Å². The number of carbonyl (C=O) groups is 1. The summed E-state index contributed by atoms with van der Waals surface area (Å²) < 4.78 is 16.3. The van der Waals surface area contributed by atoms with Gasteiger partial charge in [-0.3, -0.25) is 10.2 Å². The van der Waals surface area contributed by atoms with E-state index in [-0.39, 0.29) is 19.3 Å². The van der Waals surface area contributed by atoms with Crippen LogP contribution >= 0.6 is 0 Å². The summed E-state index contributed by atoms with van der Waals surface area (Å²) in [6.45, 7) is 2.28. The van der Waals surface area contributed by atoms with Gasteiger partial charge in [0.05, 0.1) is 5.71 Å². The summed E-state index contributed by atoms with van der Waals surface area (Å²) in [7, 11) is 1.74. The second-order valence-electron chi connectivity index (χ2n) is 7.25. The zero-order valence-corrected chi connectivity index (χ0v) is 17.9. The van der Waals surface area contributed by atoms with Crippen LogP contribution in [0.3, 0.4) is 0 Å². The van der Waals surface area contributed by atoms with Crippen LogP contribution in [-0.4, -0.2) is 37.1 Å². The van der Waals surface area contributed by atoms with Gasteiger partial charge in [0, 0.05) is 30.8 Å². The Morgan fingerprint density at radius 1 is 1.12 bits per heavy atom. The number of aromatic nitrogens is 1. The van der Waals surface area contributed by atoms with E-state index in [0.29, 0.717) is 41.0 Å². The molecule has 0 bridgehead atoms. The molecule has 4 rings (SSSR count). The average Bonchev–Trinajstić information content (AvgIpc) is 3.29. The first kappa shape index (κ1) is 21.2. The van der Waals surface area contributed by atoms with Crippen LogP contribution in [-0.2, 0) is 11.3 Å². The van der Waals surface area contributed by atoms with Gasteiger partial charge in [0.25, 0.3) is 5.91 Å². The van der Waals surface area contributed by atoms with Crippen molar-refractivity contribution in [2.45, 2.75) is 13.5 Å². The molecule has 0 spiro atoms. The van der Waals surface area contributed by atoms with E-state index < -0.39 is 0 Å². The molecule has 164 valence electrons. The fraction of sp³-hybridized carbons (Fsp3) is 0.208. The first-order valence-electron chi connectivity index (χ1n) is 10.2. The number of anilines is 1. The first-order chi connectivity index (χ1) is 15.5. The van der Waals surface area contributed by atoms with E-state index in [1.54, 1.807) is 13.1 Å². The van der Waals surface area contributed by atoms with Gasteiger partial charge in [-0.2, -0.15) is 4.98 Å². The zero-order valence-electron chi connectivity index (χ0n) is 17.9. The number of nitrogens with one attached hydrogen (secondary N) is 3. The molecule has 0 saturated carbocycles. The number of hydrogen-bond acceptors (Lipinski definition) is 7. The highest BCUT2D eigenvalue weighted by atomic mass is 16.7. The molecule has 0 fully saturated rings. The van der Waals surface area contributed by atoms with Crippen molar-refractivity contribution in [3.63, 3.8) is 0 Å². The summed E-state index contributed by atoms with van der Waals surface area (Å²) in [6.07, 6.45) is 0. The maximum absolute atomic E-state index is 12.3. The van der Waals surface area contributed by atoms with Crippen LogP contribution in [0, 0.1) is 12.3 Å². The summed E-state index contributed by atoms with van der Waals surface area (Å²) >= 11 is 0. The van der Waals surface area contributed by atoms with Crippen LogP contribution in [0.5, 0.6) is 17.4 Å². The number of rotatable bonds is 8. The van der Waals surface area contributed by atoms with Crippen LogP contribution in [0.2, 0.25) is 0 Å². The van der Waals surface area contributed by atoms with E-state index >= 15 is 0 Å². The van der Waals surface area contributed by atoms with Gasteiger partial charge in [0.2, 0.25) is 12.7 Å². The van der Waals surface area contributed by atoms with Gasteiger partial charge in [-0.1, -0.05) is 36.4 Å². The molecule has 0 saturated heterocycles. The average molecular weight is 432 g/mol. The molecule has 3 N–H and O–H groups in total. The fourth-order valence-electron chi connectivity index (χ4n) is 3.40. The molecule has 8 nitrogen and oxygen atoms in total. The fourth-order valence-corrected chi connectivity index (χ4v) is 3.40. The van der Waals surface area contributed by atoms with Crippen LogP contribution < -0.4 is 24.8 Å². The Hall–Kier alpha value is -4.07. The predicted molar refractivity (Wildman–Crippen MR) is 121 cm³/mol. The molecule has 3 aromatic rings. The van der Waals surface area contributed by atoms with E-state index in [4.69, 9.17) is 19.6 Å². The van der Waals surface area contributed by atoms with E-state index in [2.05, 4.69) is 15.6 Å². The predicted octanol–water partition coefficient (Wildman–Crippen LogP) is 3.27. The summed E-state index contributed by atoms with van der Waals surface area (Å²) in [4.78, 5) is 16.7. The van der Waals surface area contributed by atoms with Gasteiger partial charge in [0.15, 0.2) is 18.1 Å². The van der Waals surface area contributed by atoms with Crippen molar-refractivity contribution >= 4 is 17.4 Å². The van der Waals surface area contributed by atoms with Gasteiger partial charge in [-0.05, 0) is 30.2 Å². The highest BCUT2D eigenvalue weighted by Gasteiger charge is 2.17.